The molecule has 0 unspecified atom stereocenters. The zero-order valence-electron chi connectivity index (χ0n) is 17.1. The van der Waals surface area contributed by atoms with Gasteiger partial charge in [-0.25, -0.2) is 4.39 Å². The summed E-state index contributed by atoms with van der Waals surface area (Å²) in [6, 6.07) is 13.5. The molecule has 30 heavy (non-hydrogen) atoms. The molecule has 0 radical (unpaired) electrons. The largest absolute Gasteiger partial charge is 0.573 e. The lowest BCUT2D eigenvalue weighted by Crippen LogP contribution is -2.27. The van der Waals surface area contributed by atoms with Crippen LogP contribution in [0.25, 0.3) is 0 Å². The lowest BCUT2D eigenvalue weighted by molar-refractivity contribution is -0.274. The highest BCUT2D eigenvalue weighted by atomic mass is 19.4. The molecule has 166 valence electrons. The number of nitrogens with zero attached hydrogens (tertiary/aromatic N) is 1. The van der Waals surface area contributed by atoms with Crippen LogP contribution in [0.4, 0.5) is 17.6 Å². The second kappa shape index (κ2) is 11.8. The third kappa shape index (κ3) is 8.59. The summed E-state index contributed by atoms with van der Waals surface area (Å²) in [5.74, 6) is 0.465. The van der Waals surface area contributed by atoms with Crippen molar-refractivity contribution in [2.24, 2.45) is 0 Å². The third-order valence-corrected chi connectivity index (χ3v) is 4.58. The maximum atomic E-state index is 12.6. The van der Waals surface area contributed by atoms with Crippen molar-refractivity contribution in [2.45, 2.75) is 31.7 Å². The summed E-state index contributed by atoms with van der Waals surface area (Å²) in [5.41, 5.74) is 1.67. The quantitative estimate of drug-likeness (QED) is 0.351. The molecule has 0 amide bonds. The predicted molar refractivity (Wildman–Crippen MR) is 106 cm³/mol. The van der Waals surface area contributed by atoms with Crippen LogP contribution in [0, 0.1) is 0 Å². The van der Waals surface area contributed by atoms with Gasteiger partial charge in [-0.3, -0.25) is 4.90 Å². The molecule has 0 bridgehead atoms. The summed E-state index contributed by atoms with van der Waals surface area (Å²) in [4.78, 5) is 1.55. The number of alkyl halides is 4. The fraction of sp³-hybridized carbons (Fsp3) is 0.455. The average molecular weight is 429 g/mol. The van der Waals surface area contributed by atoms with E-state index in [0.29, 0.717) is 38.2 Å². The predicted octanol–water partition coefficient (Wildman–Crippen LogP) is 5.01. The SMILES string of the molecule is CO[C@H](CCN(C)CF)COc1ccccc1CCc1cccc(OC(F)(F)F)c1. The lowest BCUT2D eigenvalue weighted by Gasteiger charge is -2.20. The Morgan fingerprint density at radius 2 is 1.80 bits per heavy atom. The number of aryl methyl sites for hydroxylation is 2. The van der Waals surface area contributed by atoms with E-state index in [0.717, 1.165) is 11.1 Å². The first-order valence-corrected chi connectivity index (χ1v) is 9.63. The van der Waals surface area contributed by atoms with E-state index >= 15 is 0 Å². The van der Waals surface area contributed by atoms with Crippen molar-refractivity contribution in [2.75, 3.05) is 34.1 Å². The highest BCUT2D eigenvalue weighted by molar-refractivity contribution is 5.35. The van der Waals surface area contributed by atoms with Crippen molar-refractivity contribution in [3.8, 4) is 11.5 Å². The fourth-order valence-electron chi connectivity index (χ4n) is 2.90. The molecule has 0 aliphatic heterocycles. The first-order valence-electron chi connectivity index (χ1n) is 9.63. The number of methoxy groups -OCH3 is 1. The van der Waals surface area contributed by atoms with Gasteiger partial charge in [-0.15, -0.1) is 13.2 Å². The molecule has 0 saturated heterocycles. The van der Waals surface area contributed by atoms with Crippen molar-refractivity contribution in [3.63, 3.8) is 0 Å². The minimum Gasteiger partial charge on any atom is -0.491 e. The van der Waals surface area contributed by atoms with E-state index in [2.05, 4.69) is 4.74 Å². The third-order valence-electron chi connectivity index (χ3n) is 4.58. The molecule has 0 fully saturated rings. The zero-order chi connectivity index (χ0) is 22.0. The van der Waals surface area contributed by atoms with E-state index in [-0.39, 0.29) is 11.9 Å². The molecule has 0 aromatic heterocycles. The maximum Gasteiger partial charge on any atom is 0.573 e. The Labute approximate surface area is 174 Å². The Balaban J connectivity index is 1.94. The molecular formula is C22H27F4NO3. The molecule has 0 N–H and O–H groups in total. The Morgan fingerprint density at radius 3 is 2.50 bits per heavy atom. The van der Waals surface area contributed by atoms with Gasteiger partial charge < -0.3 is 14.2 Å². The summed E-state index contributed by atoms with van der Waals surface area (Å²) < 4.78 is 65.1. The van der Waals surface area contributed by atoms with Gasteiger partial charge in [0.25, 0.3) is 0 Å². The Hall–Kier alpha value is -2.32. The van der Waals surface area contributed by atoms with Gasteiger partial charge in [0.2, 0.25) is 0 Å². The van der Waals surface area contributed by atoms with Crippen LogP contribution in [0.15, 0.2) is 48.5 Å². The summed E-state index contributed by atoms with van der Waals surface area (Å²) in [7, 11) is 3.28. The van der Waals surface area contributed by atoms with E-state index < -0.39 is 13.2 Å². The van der Waals surface area contributed by atoms with Gasteiger partial charge in [-0.05, 0) is 55.6 Å². The molecule has 2 aromatic carbocycles. The highest BCUT2D eigenvalue weighted by Gasteiger charge is 2.31. The van der Waals surface area contributed by atoms with E-state index in [1.165, 1.54) is 18.2 Å². The number of hydrogen-bond acceptors (Lipinski definition) is 4. The van der Waals surface area contributed by atoms with Crippen LogP contribution in [-0.2, 0) is 17.6 Å². The molecule has 4 nitrogen and oxygen atoms in total. The number of benzene rings is 2. The average Bonchev–Trinajstić information content (AvgIpc) is 2.71. The molecule has 1 atom stereocenters. The van der Waals surface area contributed by atoms with Gasteiger partial charge in [-0.2, -0.15) is 0 Å². The second-order valence-electron chi connectivity index (χ2n) is 6.96. The monoisotopic (exact) mass is 429 g/mol. The highest BCUT2D eigenvalue weighted by Crippen LogP contribution is 2.25. The van der Waals surface area contributed by atoms with Gasteiger partial charge >= 0.3 is 6.36 Å². The van der Waals surface area contributed by atoms with Gasteiger partial charge in [0.1, 0.15) is 24.9 Å². The minimum absolute atomic E-state index is 0.178. The summed E-state index contributed by atoms with van der Waals surface area (Å²) in [5, 5.41) is 0. The van der Waals surface area contributed by atoms with Gasteiger partial charge in [0.05, 0.1) is 6.10 Å². The normalized spacial score (nSPS) is 12.8. The van der Waals surface area contributed by atoms with Crippen LogP contribution in [0.5, 0.6) is 11.5 Å². The number of rotatable bonds is 12. The van der Waals surface area contributed by atoms with Crippen molar-refractivity contribution in [3.05, 3.63) is 59.7 Å². The Kier molecular flexibility index (Phi) is 9.39. The maximum absolute atomic E-state index is 12.6. The van der Waals surface area contributed by atoms with Crippen molar-refractivity contribution in [1.29, 1.82) is 0 Å². The van der Waals surface area contributed by atoms with E-state index in [4.69, 9.17) is 9.47 Å². The van der Waals surface area contributed by atoms with Crippen LogP contribution >= 0.6 is 0 Å². The smallest absolute Gasteiger partial charge is 0.491 e. The molecule has 2 rings (SSSR count). The van der Waals surface area contributed by atoms with Crippen LogP contribution in [0.3, 0.4) is 0 Å². The van der Waals surface area contributed by atoms with E-state index in [1.54, 1.807) is 25.1 Å². The molecule has 0 spiro atoms. The molecule has 8 heteroatoms. The van der Waals surface area contributed by atoms with Crippen molar-refractivity contribution < 1.29 is 31.8 Å². The lowest BCUT2D eigenvalue weighted by atomic mass is 10.0. The number of para-hydroxylation sites is 1. The van der Waals surface area contributed by atoms with Crippen molar-refractivity contribution in [1.82, 2.24) is 4.90 Å². The van der Waals surface area contributed by atoms with Gasteiger partial charge in [-0.1, -0.05) is 30.3 Å². The fourth-order valence-corrected chi connectivity index (χ4v) is 2.90. The van der Waals surface area contributed by atoms with Crippen LogP contribution in [0.1, 0.15) is 17.5 Å². The summed E-state index contributed by atoms with van der Waals surface area (Å²) in [6.07, 6.45) is -3.14. The Morgan fingerprint density at radius 1 is 1.03 bits per heavy atom. The van der Waals surface area contributed by atoms with E-state index in [9.17, 15) is 17.6 Å². The van der Waals surface area contributed by atoms with Crippen LogP contribution in [0.2, 0.25) is 0 Å². The Bertz CT molecular complexity index is 770. The number of halogens is 4. The molecule has 2 aromatic rings. The van der Waals surface area contributed by atoms with Crippen LogP contribution in [-0.4, -0.2) is 51.5 Å². The first-order chi connectivity index (χ1) is 14.3. The molecule has 0 aliphatic carbocycles. The molecule has 0 heterocycles. The second-order valence-corrected chi connectivity index (χ2v) is 6.96. The standard InChI is InChI=1S/C22H27F4NO3/c1-27(16-23)13-12-20(28-2)15-29-21-9-4-3-7-18(21)11-10-17-6-5-8-19(14-17)30-22(24,25)26/h3-9,14,20H,10-13,15-16H2,1-2H3/t20-/m1/s1. The molecule has 0 saturated carbocycles. The number of hydrogen-bond donors (Lipinski definition) is 0. The first kappa shape index (κ1) is 24.0. The molecular weight excluding hydrogens is 402 g/mol. The van der Waals surface area contributed by atoms with Crippen LogP contribution < -0.4 is 9.47 Å². The summed E-state index contributed by atoms with van der Waals surface area (Å²) in [6.45, 7) is 0.355. The molecule has 0 aliphatic rings. The van der Waals surface area contributed by atoms with Crippen molar-refractivity contribution >= 4 is 0 Å². The van der Waals surface area contributed by atoms with Gasteiger partial charge in [0, 0.05) is 13.7 Å². The topological polar surface area (TPSA) is 30.9 Å². The number of ether oxygens (including phenoxy) is 3. The zero-order valence-corrected chi connectivity index (χ0v) is 17.1. The van der Waals surface area contributed by atoms with E-state index in [1.807, 2.05) is 24.3 Å². The summed E-state index contributed by atoms with van der Waals surface area (Å²) >= 11 is 0. The van der Waals surface area contributed by atoms with Gasteiger partial charge in [0.15, 0.2) is 0 Å². The minimum atomic E-state index is -4.71.